The van der Waals surface area contributed by atoms with Gasteiger partial charge in [0.05, 0.1) is 45.6 Å². The van der Waals surface area contributed by atoms with E-state index in [2.05, 4.69) is 68.1 Å². The minimum absolute atomic E-state index is 0.00692. The molecule has 0 bridgehead atoms. The fraction of sp³-hybridized carbons (Fsp3) is 0.536. The molecule has 1 aliphatic heterocycles. The normalized spacial score (nSPS) is 15.4. The number of H-pyrrole nitrogens is 2. The Bertz CT molecular complexity index is 3730. The topological polar surface area (TPSA) is 547 Å². The first kappa shape index (κ1) is 87.1. The average molecular weight is 1520 g/mol. The van der Waals surface area contributed by atoms with E-state index in [0.29, 0.717) is 33.5 Å². The van der Waals surface area contributed by atoms with E-state index in [4.69, 9.17) is 11.5 Å². The van der Waals surface area contributed by atoms with Gasteiger partial charge in [-0.3, -0.25) is 91.5 Å². The summed E-state index contributed by atoms with van der Waals surface area (Å²) in [6.07, 6.45) is 5.60. The van der Waals surface area contributed by atoms with Crippen molar-refractivity contribution >= 4 is 117 Å². The molecule has 12 amide bonds. The summed E-state index contributed by atoms with van der Waals surface area (Å²) in [6, 6.07) is 2.10. The summed E-state index contributed by atoms with van der Waals surface area (Å²) >= 11 is 1.45. The molecule has 2 aromatic carbocycles. The molecule has 107 heavy (non-hydrogen) atoms. The molecule has 0 spiro atoms. The lowest BCUT2D eigenvalue weighted by molar-refractivity contribution is -0.140. The molecule has 4 aromatic rings. The number of nitrogens with one attached hydrogen (secondary N) is 12. The summed E-state index contributed by atoms with van der Waals surface area (Å²) in [7, 11) is 0. The molecular formula is C69H101N19O18S. The van der Waals surface area contributed by atoms with Crippen LogP contribution in [-0.2, 0) is 80.0 Å². The van der Waals surface area contributed by atoms with E-state index in [1.54, 1.807) is 70.8 Å². The highest BCUT2D eigenvalue weighted by Gasteiger charge is 2.35. The van der Waals surface area contributed by atoms with E-state index in [1.807, 2.05) is 20.1 Å². The number of anilines is 1. The highest BCUT2D eigenvalue weighted by atomic mass is 32.2. The van der Waals surface area contributed by atoms with Gasteiger partial charge in [0.2, 0.25) is 65.0 Å². The van der Waals surface area contributed by atoms with Crippen molar-refractivity contribution in [3.8, 4) is 0 Å². The Morgan fingerprint density at radius 1 is 0.561 bits per heavy atom. The first-order valence-electron chi connectivity index (χ1n) is 34.9. The first-order chi connectivity index (χ1) is 50.7. The van der Waals surface area contributed by atoms with Crippen LogP contribution in [0.25, 0.3) is 10.9 Å². The van der Waals surface area contributed by atoms with Crippen LogP contribution in [0.3, 0.4) is 0 Å². The van der Waals surface area contributed by atoms with Crippen LogP contribution in [-0.4, -0.2) is 285 Å². The maximum atomic E-state index is 14.5. The lowest BCUT2D eigenvalue weighted by atomic mass is 10.0. The van der Waals surface area contributed by atoms with Gasteiger partial charge in [-0.2, -0.15) is 11.8 Å². The second-order valence-electron chi connectivity index (χ2n) is 26.8. The number of carboxylic acid groups (broad SMARTS) is 3. The van der Waals surface area contributed by atoms with Crippen molar-refractivity contribution in [1.82, 2.24) is 82.4 Å². The molecule has 7 unspecified atom stereocenters. The van der Waals surface area contributed by atoms with E-state index in [9.17, 15) is 87.2 Å². The van der Waals surface area contributed by atoms with Gasteiger partial charge in [-0.1, -0.05) is 45.9 Å². The number of imidazole rings is 1. The van der Waals surface area contributed by atoms with Gasteiger partial charge in [-0.05, 0) is 92.3 Å². The number of thioether (sulfide) groups is 1. The van der Waals surface area contributed by atoms with Gasteiger partial charge in [0, 0.05) is 112 Å². The summed E-state index contributed by atoms with van der Waals surface area (Å²) in [5, 5.41) is 55.4. The van der Waals surface area contributed by atoms with Crippen molar-refractivity contribution in [3.63, 3.8) is 0 Å². The molecule has 1 fully saturated rings. The van der Waals surface area contributed by atoms with Crippen LogP contribution < -0.4 is 64.6 Å². The van der Waals surface area contributed by atoms with Crippen LogP contribution in [0.15, 0.2) is 61.2 Å². The van der Waals surface area contributed by atoms with Crippen LogP contribution in [0.4, 0.5) is 5.69 Å². The third kappa shape index (κ3) is 30.8. The van der Waals surface area contributed by atoms with Crippen molar-refractivity contribution in [1.29, 1.82) is 0 Å². The van der Waals surface area contributed by atoms with Crippen LogP contribution in [0.2, 0.25) is 0 Å². The predicted octanol–water partition coefficient (Wildman–Crippen LogP) is -3.44. The molecule has 0 radical (unpaired) electrons. The quantitative estimate of drug-likeness (QED) is 0.0206. The van der Waals surface area contributed by atoms with Gasteiger partial charge in [-0.15, -0.1) is 0 Å². The zero-order valence-corrected chi connectivity index (χ0v) is 61.9. The zero-order chi connectivity index (χ0) is 79.0. The van der Waals surface area contributed by atoms with Crippen molar-refractivity contribution in [2.75, 3.05) is 109 Å². The molecule has 1 saturated heterocycles. The molecule has 37 nitrogen and oxygen atoms in total. The van der Waals surface area contributed by atoms with E-state index in [0.717, 1.165) is 0 Å². The molecule has 2 aromatic heterocycles. The highest BCUT2D eigenvalue weighted by molar-refractivity contribution is 7.98. The number of para-hydroxylation sites is 1. The molecule has 1 aliphatic rings. The van der Waals surface area contributed by atoms with Crippen molar-refractivity contribution in [2.45, 2.75) is 122 Å². The summed E-state index contributed by atoms with van der Waals surface area (Å²) in [6.45, 7) is 8.60. The van der Waals surface area contributed by atoms with Gasteiger partial charge in [0.25, 0.3) is 5.91 Å². The Balaban J connectivity index is 1.23. The van der Waals surface area contributed by atoms with Crippen LogP contribution >= 0.6 is 11.8 Å². The minimum atomic E-state index is -1.51. The number of primary amides is 2. The molecular weight excluding hydrogens is 1410 g/mol. The number of nitrogens with two attached hydrogens (primary N) is 2. The number of benzene rings is 2. The number of nitrogens with zero attached hydrogens (tertiary/aromatic N) is 5. The number of carboxylic acids is 3. The number of hydrogen-bond donors (Lipinski definition) is 17. The first-order valence-corrected chi connectivity index (χ1v) is 36.3. The maximum Gasteiger partial charge on any atom is 0.317 e. The minimum Gasteiger partial charge on any atom is -0.480 e. The monoisotopic (exact) mass is 1520 g/mol. The number of fused-ring (bicyclic) bond motifs is 1. The number of aromatic nitrogens is 3. The second-order valence-corrected chi connectivity index (χ2v) is 27.8. The molecule has 38 heteroatoms. The summed E-state index contributed by atoms with van der Waals surface area (Å²) in [4.78, 5) is 214. The Labute approximate surface area is 622 Å². The molecule has 5 rings (SSSR count). The maximum absolute atomic E-state index is 14.5. The third-order valence-electron chi connectivity index (χ3n) is 17.3. The van der Waals surface area contributed by atoms with E-state index >= 15 is 0 Å². The zero-order valence-electron chi connectivity index (χ0n) is 61.1. The van der Waals surface area contributed by atoms with Gasteiger partial charge in [0.1, 0.15) is 42.3 Å². The fourth-order valence-corrected chi connectivity index (χ4v) is 11.9. The predicted molar refractivity (Wildman–Crippen MR) is 392 cm³/mol. The Kier molecular flexibility index (Phi) is 35.6. The molecule has 0 aliphatic carbocycles. The number of amides is 12. The molecule has 19 N–H and O–H groups in total. The van der Waals surface area contributed by atoms with Crippen LogP contribution in [0, 0.1) is 18.8 Å². The van der Waals surface area contributed by atoms with Gasteiger partial charge >= 0.3 is 17.9 Å². The number of aryl methyl sites for hydroxylation is 1. The summed E-state index contributed by atoms with van der Waals surface area (Å²) < 4.78 is 0. The molecule has 7 atom stereocenters. The van der Waals surface area contributed by atoms with Crippen molar-refractivity contribution in [3.05, 3.63) is 83.6 Å². The summed E-state index contributed by atoms with van der Waals surface area (Å²) in [5.41, 5.74) is 13.4. The number of hydrogen-bond acceptors (Lipinski definition) is 21. The number of carbonyl (C=O) groups is 15. The fourth-order valence-electron chi connectivity index (χ4n) is 11.5. The van der Waals surface area contributed by atoms with Crippen LogP contribution in [0.1, 0.15) is 87.5 Å². The average Bonchev–Trinajstić information content (AvgIpc) is 1.58. The Morgan fingerprint density at radius 2 is 1.10 bits per heavy atom. The lowest BCUT2D eigenvalue weighted by Crippen LogP contribution is -2.59. The largest absolute Gasteiger partial charge is 0.480 e. The highest BCUT2D eigenvalue weighted by Crippen LogP contribution is 2.21. The SMILES string of the molecule is CSCCC(NC(=O)C(CC(C)C)NC(=O)C(Cc1cnc[nH]1)NC(=O)CNC(=O)C(NC(=O)C(C)NC(=O)C(Cc1c[nH]c2ccccc12)NC(=O)C(CCC(N)=O)NC(=O)c1ccc(NC(=O)CNC(=O)CN2CCN(CC(=O)O)CCN(CC(=O)O)CCN(CC(=O)O)CC2)c(C)c1)C(C)C)C(N)=O. The Hall–Kier alpha value is -10.6. The van der Waals surface area contributed by atoms with Crippen molar-refractivity contribution < 1.29 is 87.2 Å². The number of aliphatic carboxylic acids is 3. The molecule has 3 heterocycles. The Morgan fingerprint density at radius 3 is 1.64 bits per heavy atom. The molecule has 586 valence electrons. The number of carbonyl (C=O) groups excluding carboxylic acids is 12. The summed E-state index contributed by atoms with van der Waals surface area (Å²) in [5.74, 6) is -12.9. The smallest absolute Gasteiger partial charge is 0.317 e. The van der Waals surface area contributed by atoms with E-state index in [-0.39, 0.29) is 128 Å². The standard InChI is InChI=1S/C69H101N19O18S/c1-39(2)26-51(67(104)80-49(62(71)99)16-25-107-7)82-68(105)53(29-45-31-72-38-76-45)79-56(91)33-75-69(106)61(40(3)4)84-63(100)42(6)77-66(103)52(28-44-30-73-48-11-9-8-10-46(44)48)83-65(102)50(14-15-54(70)89)81-64(101)43-12-13-47(41(5)27-43)78-55(90)32-74-57(92)34-85-17-19-86(35-58(93)94)21-23-88(37-60(97)98)24-22-87(20-18-85)36-59(95)96/h8-13,27,30-31,38-40,42,49-53,61,73H,14-26,28-29,32-37H2,1-7H3,(H2,70,89)(H2,71,99)(H,72,76)(H,74,92)(H,75,106)(H,77,103)(H,78,90)(H,79,91)(H,80,104)(H,81,101)(H,82,105)(H,83,102)(H,84,100)(H,93,94)(H,95,96)(H,97,98). The van der Waals surface area contributed by atoms with E-state index < -0.39 is 157 Å². The number of aromatic amines is 2. The van der Waals surface area contributed by atoms with E-state index in [1.165, 1.54) is 49.4 Å². The van der Waals surface area contributed by atoms with Crippen molar-refractivity contribution in [2.24, 2.45) is 23.3 Å². The van der Waals surface area contributed by atoms with Crippen LogP contribution in [0.5, 0.6) is 0 Å². The number of rotatable bonds is 41. The second kappa shape index (κ2) is 43.8. The molecule has 0 saturated carbocycles. The third-order valence-corrected chi connectivity index (χ3v) is 17.9. The lowest BCUT2D eigenvalue weighted by Gasteiger charge is -2.32. The van der Waals surface area contributed by atoms with Gasteiger partial charge in [-0.25, -0.2) is 4.98 Å². The van der Waals surface area contributed by atoms with Gasteiger partial charge < -0.3 is 89.9 Å². The van der Waals surface area contributed by atoms with Gasteiger partial charge in [0.15, 0.2) is 0 Å².